The van der Waals surface area contributed by atoms with Crippen LogP contribution in [0.25, 0.3) is 6.08 Å². The van der Waals surface area contributed by atoms with Gasteiger partial charge in [-0.15, -0.1) is 0 Å². The Morgan fingerprint density at radius 1 is 1.45 bits per heavy atom. The smallest absolute Gasteiger partial charge is 0.246 e. The number of anilines is 1. The first-order chi connectivity index (χ1) is 9.52. The van der Waals surface area contributed by atoms with Crippen LogP contribution in [0, 0.1) is 5.92 Å². The van der Waals surface area contributed by atoms with Crippen molar-refractivity contribution in [3.8, 4) is 0 Å². The van der Waals surface area contributed by atoms with Gasteiger partial charge in [0.15, 0.2) is 0 Å². The Morgan fingerprint density at radius 3 is 2.80 bits per heavy atom. The van der Waals surface area contributed by atoms with Gasteiger partial charge in [-0.3, -0.25) is 4.79 Å². The Balaban J connectivity index is 2.69. The van der Waals surface area contributed by atoms with Gasteiger partial charge < -0.3 is 15.4 Å². The summed E-state index contributed by atoms with van der Waals surface area (Å²) < 4.78 is 5.05. The molecule has 0 aliphatic heterocycles. The lowest BCUT2D eigenvalue weighted by atomic mass is 10.1. The number of hydrogen-bond donors (Lipinski definition) is 1. The van der Waals surface area contributed by atoms with E-state index in [1.54, 1.807) is 24.2 Å². The average Bonchev–Trinajstić information content (AvgIpc) is 2.40. The van der Waals surface area contributed by atoms with Crippen LogP contribution < -0.4 is 5.73 Å². The second kappa shape index (κ2) is 8.38. The van der Waals surface area contributed by atoms with Crippen LogP contribution in [0.4, 0.5) is 5.69 Å². The van der Waals surface area contributed by atoms with Crippen molar-refractivity contribution in [3.05, 3.63) is 35.9 Å². The lowest BCUT2D eigenvalue weighted by molar-refractivity contribution is -0.127. The average molecular weight is 276 g/mol. The van der Waals surface area contributed by atoms with E-state index >= 15 is 0 Å². The first-order valence-corrected chi connectivity index (χ1v) is 6.84. The summed E-state index contributed by atoms with van der Waals surface area (Å²) in [7, 11) is 1.64. The topological polar surface area (TPSA) is 55.6 Å². The number of benzene rings is 1. The molecule has 1 rings (SSSR count). The molecule has 1 aromatic carbocycles. The highest BCUT2D eigenvalue weighted by Gasteiger charge is 2.11. The Labute approximate surface area is 121 Å². The summed E-state index contributed by atoms with van der Waals surface area (Å²) in [6, 6.07) is 7.45. The molecule has 20 heavy (non-hydrogen) atoms. The molecule has 0 spiro atoms. The molecule has 0 aromatic heterocycles. The minimum Gasteiger partial charge on any atom is -0.399 e. The summed E-state index contributed by atoms with van der Waals surface area (Å²) in [5.74, 6) is 0.426. The Kier molecular flexibility index (Phi) is 6.81. The minimum absolute atomic E-state index is 0.00169. The SMILES string of the molecule is COCCN(CC(C)C)C(=O)/C=C/c1cccc(N)c1. The summed E-state index contributed by atoms with van der Waals surface area (Å²) in [6.45, 7) is 6.06. The summed E-state index contributed by atoms with van der Waals surface area (Å²) >= 11 is 0. The molecule has 110 valence electrons. The van der Waals surface area contributed by atoms with Crippen molar-refractivity contribution < 1.29 is 9.53 Å². The number of nitrogens with zero attached hydrogens (tertiary/aromatic N) is 1. The molecule has 1 aromatic rings. The lowest BCUT2D eigenvalue weighted by Crippen LogP contribution is -2.35. The molecule has 0 atom stereocenters. The fraction of sp³-hybridized carbons (Fsp3) is 0.438. The number of amides is 1. The van der Waals surface area contributed by atoms with Gasteiger partial charge in [-0.2, -0.15) is 0 Å². The van der Waals surface area contributed by atoms with Gasteiger partial charge in [0.1, 0.15) is 0 Å². The Morgan fingerprint density at radius 2 is 2.20 bits per heavy atom. The fourth-order valence-electron chi connectivity index (χ4n) is 1.87. The molecule has 0 unspecified atom stereocenters. The summed E-state index contributed by atoms with van der Waals surface area (Å²) in [6.07, 6.45) is 3.38. The van der Waals surface area contributed by atoms with Gasteiger partial charge in [0, 0.05) is 32.0 Å². The predicted molar refractivity (Wildman–Crippen MR) is 83.2 cm³/mol. The largest absolute Gasteiger partial charge is 0.399 e. The third-order valence-electron chi connectivity index (χ3n) is 2.79. The molecule has 0 heterocycles. The van der Waals surface area contributed by atoms with Crippen LogP contribution in [0.3, 0.4) is 0 Å². The van der Waals surface area contributed by atoms with Crippen molar-refractivity contribution in [2.75, 3.05) is 32.5 Å². The Hall–Kier alpha value is -1.81. The van der Waals surface area contributed by atoms with Crippen molar-refractivity contribution in [2.24, 2.45) is 5.92 Å². The Bertz CT molecular complexity index is 456. The normalized spacial score (nSPS) is 11.2. The van der Waals surface area contributed by atoms with Crippen LogP contribution in [-0.2, 0) is 9.53 Å². The van der Waals surface area contributed by atoms with Crippen molar-refractivity contribution in [3.63, 3.8) is 0 Å². The second-order valence-electron chi connectivity index (χ2n) is 5.17. The maximum absolute atomic E-state index is 12.2. The first-order valence-electron chi connectivity index (χ1n) is 6.84. The van der Waals surface area contributed by atoms with Gasteiger partial charge in [0.2, 0.25) is 5.91 Å². The highest BCUT2D eigenvalue weighted by Crippen LogP contribution is 2.09. The fourth-order valence-corrected chi connectivity index (χ4v) is 1.87. The molecule has 4 nitrogen and oxygen atoms in total. The molecule has 0 aliphatic carbocycles. The summed E-state index contributed by atoms with van der Waals surface area (Å²) in [4.78, 5) is 14.0. The molecule has 0 fully saturated rings. The number of methoxy groups -OCH3 is 1. The molecule has 4 heteroatoms. The van der Waals surface area contributed by atoms with E-state index in [1.807, 2.05) is 24.3 Å². The zero-order valence-corrected chi connectivity index (χ0v) is 12.5. The van der Waals surface area contributed by atoms with E-state index in [-0.39, 0.29) is 5.91 Å². The number of hydrogen-bond acceptors (Lipinski definition) is 3. The van der Waals surface area contributed by atoms with E-state index in [0.717, 1.165) is 12.1 Å². The molecule has 0 bridgehead atoms. The van der Waals surface area contributed by atoms with Gasteiger partial charge in [0.25, 0.3) is 0 Å². The van der Waals surface area contributed by atoms with Gasteiger partial charge in [-0.1, -0.05) is 26.0 Å². The van der Waals surface area contributed by atoms with Crippen LogP contribution in [0.15, 0.2) is 30.3 Å². The highest BCUT2D eigenvalue weighted by atomic mass is 16.5. The van der Waals surface area contributed by atoms with E-state index in [1.165, 1.54) is 0 Å². The molecule has 0 radical (unpaired) electrons. The van der Waals surface area contributed by atoms with Crippen LogP contribution >= 0.6 is 0 Å². The quantitative estimate of drug-likeness (QED) is 0.614. The maximum Gasteiger partial charge on any atom is 0.246 e. The molecule has 1 amide bonds. The number of nitrogens with two attached hydrogens (primary N) is 1. The molecule has 0 saturated heterocycles. The van der Waals surface area contributed by atoms with Crippen molar-refractivity contribution in [1.29, 1.82) is 0 Å². The number of ether oxygens (including phenoxy) is 1. The molecule has 0 saturated carbocycles. The highest BCUT2D eigenvalue weighted by molar-refractivity contribution is 5.91. The molecular weight excluding hydrogens is 252 g/mol. The molecule has 2 N–H and O–H groups in total. The number of nitrogen functional groups attached to an aromatic ring is 1. The van der Waals surface area contributed by atoms with E-state index < -0.39 is 0 Å². The number of carbonyl (C=O) groups is 1. The summed E-state index contributed by atoms with van der Waals surface area (Å²) in [5, 5.41) is 0. The van der Waals surface area contributed by atoms with Crippen molar-refractivity contribution >= 4 is 17.7 Å². The van der Waals surface area contributed by atoms with E-state index in [0.29, 0.717) is 24.8 Å². The van der Waals surface area contributed by atoms with Crippen LogP contribution in [0.2, 0.25) is 0 Å². The van der Waals surface area contributed by atoms with Crippen molar-refractivity contribution in [1.82, 2.24) is 4.90 Å². The third kappa shape index (κ3) is 5.89. The van der Waals surface area contributed by atoms with Crippen LogP contribution in [-0.4, -0.2) is 37.6 Å². The van der Waals surface area contributed by atoms with Crippen molar-refractivity contribution in [2.45, 2.75) is 13.8 Å². The molecular formula is C16H24N2O2. The number of carbonyl (C=O) groups excluding carboxylic acids is 1. The van der Waals surface area contributed by atoms with Crippen LogP contribution in [0.5, 0.6) is 0 Å². The molecule has 0 aliphatic rings. The first kappa shape index (κ1) is 16.2. The van der Waals surface area contributed by atoms with E-state index in [9.17, 15) is 4.79 Å². The zero-order valence-electron chi connectivity index (χ0n) is 12.5. The predicted octanol–water partition coefficient (Wildman–Crippen LogP) is 2.41. The number of rotatable bonds is 7. The van der Waals surface area contributed by atoms with Gasteiger partial charge in [0.05, 0.1) is 6.61 Å². The van der Waals surface area contributed by atoms with Gasteiger partial charge in [-0.05, 0) is 29.7 Å². The minimum atomic E-state index is -0.00169. The summed E-state index contributed by atoms with van der Waals surface area (Å²) in [5.41, 5.74) is 7.33. The maximum atomic E-state index is 12.2. The van der Waals surface area contributed by atoms with E-state index in [4.69, 9.17) is 10.5 Å². The monoisotopic (exact) mass is 276 g/mol. The lowest BCUT2D eigenvalue weighted by Gasteiger charge is -2.22. The van der Waals surface area contributed by atoms with E-state index in [2.05, 4.69) is 13.8 Å². The van der Waals surface area contributed by atoms with Gasteiger partial charge in [-0.25, -0.2) is 0 Å². The van der Waals surface area contributed by atoms with Crippen LogP contribution in [0.1, 0.15) is 19.4 Å². The third-order valence-corrected chi connectivity index (χ3v) is 2.79. The van der Waals surface area contributed by atoms with Gasteiger partial charge >= 0.3 is 0 Å². The second-order valence-corrected chi connectivity index (χ2v) is 5.17. The zero-order chi connectivity index (χ0) is 15.0. The standard InChI is InChI=1S/C16H24N2O2/c1-13(2)12-18(9-10-20-3)16(19)8-7-14-5-4-6-15(17)11-14/h4-8,11,13H,9-10,12,17H2,1-3H3/b8-7+.